The Morgan fingerprint density at radius 3 is 2.62 bits per heavy atom. The van der Waals surface area contributed by atoms with Crippen molar-refractivity contribution in [3.63, 3.8) is 0 Å². The van der Waals surface area contributed by atoms with Gasteiger partial charge in [0.15, 0.2) is 0 Å². The van der Waals surface area contributed by atoms with Crippen LogP contribution in [0.5, 0.6) is 5.75 Å². The maximum atomic E-state index is 12.2. The lowest BCUT2D eigenvalue weighted by Crippen LogP contribution is -2.12. The van der Waals surface area contributed by atoms with Crippen LogP contribution in [0.25, 0.3) is 0 Å². The van der Waals surface area contributed by atoms with Crippen molar-refractivity contribution < 1.29 is 9.53 Å². The number of ether oxygens (including phenoxy) is 1. The van der Waals surface area contributed by atoms with Crippen molar-refractivity contribution in [2.75, 3.05) is 11.9 Å². The highest BCUT2D eigenvalue weighted by atomic mass is 79.9. The molecular formula is C16H15BrClNO2. The number of carbonyl (C=O) groups is 1. The molecule has 0 unspecified atom stereocenters. The third-order valence-electron chi connectivity index (χ3n) is 2.78. The maximum absolute atomic E-state index is 12.2. The number of anilines is 1. The van der Waals surface area contributed by atoms with E-state index < -0.39 is 0 Å². The molecule has 0 aliphatic carbocycles. The molecule has 0 aliphatic rings. The quantitative estimate of drug-likeness (QED) is 0.793. The van der Waals surface area contributed by atoms with Crippen LogP contribution < -0.4 is 10.1 Å². The summed E-state index contributed by atoms with van der Waals surface area (Å²) >= 11 is 9.41. The van der Waals surface area contributed by atoms with Gasteiger partial charge >= 0.3 is 0 Å². The molecule has 0 heterocycles. The molecule has 110 valence electrons. The van der Waals surface area contributed by atoms with Crippen molar-refractivity contribution in [1.82, 2.24) is 0 Å². The standard InChI is InChI=1S/C16H15BrClNO2/c1-2-10-21-12-8-6-11(7-9-12)19-16(20)13-4-3-5-14(17)15(13)18/h3-9H,2,10H2,1H3,(H,19,20). The predicted molar refractivity (Wildman–Crippen MR) is 89.3 cm³/mol. The minimum atomic E-state index is -0.247. The molecule has 0 spiro atoms. The second-order valence-corrected chi connectivity index (χ2v) is 5.66. The van der Waals surface area contributed by atoms with E-state index >= 15 is 0 Å². The number of hydrogen-bond acceptors (Lipinski definition) is 2. The van der Waals surface area contributed by atoms with Gasteiger partial charge in [0.1, 0.15) is 5.75 Å². The van der Waals surface area contributed by atoms with Crippen LogP contribution in [0.15, 0.2) is 46.9 Å². The van der Waals surface area contributed by atoms with E-state index in [1.165, 1.54) is 0 Å². The third-order valence-corrected chi connectivity index (χ3v) is 4.08. The van der Waals surface area contributed by atoms with Crippen LogP contribution in [0.2, 0.25) is 5.02 Å². The lowest BCUT2D eigenvalue weighted by atomic mass is 10.2. The monoisotopic (exact) mass is 367 g/mol. The Morgan fingerprint density at radius 2 is 1.95 bits per heavy atom. The molecule has 1 amide bonds. The van der Waals surface area contributed by atoms with Gasteiger partial charge in [-0.1, -0.05) is 24.6 Å². The molecule has 0 saturated carbocycles. The minimum absolute atomic E-state index is 0.247. The highest BCUT2D eigenvalue weighted by Crippen LogP contribution is 2.26. The van der Waals surface area contributed by atoms with E-state index in [0.29, 0.717) is 27.4 Å². The van der Waals surface area contributed by atoms with Gasteiger partial charge in [0.2, 0.25) is 0 Å². The Morgan fingerprint density at radius 1 is 1.24 bits per heavy atom. The van der Waals surface area contributed by atoms with Crippen LogP contribution >= 0.6 is 27.5 Å². The fourth-order valence-electron chi connectivity index (χ4n) is 1.73. The van der Waals surface area contributed by atoms with Gasteiger partial charge in [0.05, 0.1) is 17.2 Å². The van der Waals surface area contributed by atoms with Gasteiger partial charge in [-0.2, -0.15) is 0 Å². The first-order chi connectivity index (χ1) is 10.1. The summed E-state index contributed by atoms with van der Waals surface area (Å²) in [6, 6.07) is 12.5. The molecule has 0 fully saturated rings. The zero-order valence-electron chi connectivity index (χ0n) is 11.5. The van der Waals surface area contributed by atoms with Crippen molar-refractivity contribution in [2.45, 2.75) is 13.3 Å². The molecule has 0 aliphatic heterocycles. The van der Waals surface area contributed by atoms with Gasteiger partial charge in [-0.3, -0.25) is 4.79 Å². The summed E-state index contributed by atoms with van der Waals surface area (Å²) in [6.07, 6.45) is 0.958. The Bertz CT molecular complexity index is 629. The Kier molecular flexibility index (Phi) is 5.65. The van der Waals surface area contributed by atoms with Crippen LogP contribution in [-0.4, -0.2) is 12.5 Å². The molecule has 2 rings (SSSR count). The maximum Gasteiger partial charge on any atom is 0.257 e. The van der Waals surface area contributed by atoms with Gasteiger partial charge < -0.3 is 10.1 Å². The van der Waals surface area contributed by atoms with Gasteiger partial charge in [0.25, 0.3) is 5.91 Å². The van der Waals surface area contributed by atoms with E-state index in [0.717, 1.165) is 12.2 Å². The normalized spacial score (nSPS) is 10.2. The second-order valence-electron chi connectivity index (χ2n) is 4.43. The van der Waals surface area contributed by atoms with Gasteiger partial charge in [0, 0.05) is 10.2 Å². The average molecular weight is 369 g/mol. The molecule has 5 heteroatoms. The van der Waals surface area contributed by atoms with Crippen molar-refractivity contribution in [2.24, 2.45) is 0 Å². The van der Waals surface area contributed by atoms with Crippen LogP contribution in [-0.2, 0) is 0 Å². The summed E-state index contributed by atoms with van der Waals surface area (Å²) in [5, 5.41) is 3.21. The molecule has 0 radical (unpaired) electrons. The first-order valence-corrected chi connectivity index (χ1v) is 7.77. The average Bonchev–Trinajstić information content (AvgIpc) is 2.49. The molecule has 0 aromatic heterocycles. The van der Waals surface area contributed by atoms with E-state index in [1.807, 2.05) is 12.1 Å². The summed E-state index contributed by atoms with van der Waals surface area (Å²) in [4.78, 5) is 12.2. The first kappa shape index (κ1) is 15.9. The van der Waals surface area contributed by atoms with Crippen LogP contribution in [0.4, 0.5) is 5.69 Å². The molecule has 21 heavy (non-hydrogen) atoms. The van der Waals surface area contributed by atoms with E-state index in [9.17, 15) is 4.79 Å². The molecule has 2 aromatic carbocycles. The van der Waals surface area contributed by atoms with E-state index in [1.54, 1.807) is 30.3 Å². The fraction of sp³-hybridized carbons (Fsp3) is 0.188. The molecule has 0 saturated heterocycles. The third kappa shape index (κ3) is 4.22. The van der Waals surface area contributed by atoms with Crippen LogP contribution in [0.1, 0.15) is 23.7 Å². The number of nitrogens with one attached hydrogen (secondary N) is 1. The zero-order chi connectivity index (χ0) is 15.2. The molecule has 1 N–H and O–H groups in total. The van der Waals surface area contributed by atoms with Gasteiger partial charge in [-0.15, -0.1) is 0 Å². The highest BCUT2D eigenvalue weighted by molar-refractivity contribution is 9.10. The smallest absolute Gasteiger partial charge is 0.257 e. The van der Waals surface area contributed by atoms with Crippen LogP contribution in [0, 0.1) is 0 Å². The van der Waals surface area contributed by atoms with Crippen molar-refractivity contribution in [1.29, 1.82) is 0 Å². The van der Waals surface area contributed by atoms with Crippen molar-refractivity contribution in [3.8, 4) is 5.75 Å². The van der Waals surface area contributed by atoms with Crippen LogP contribution in [0.3, 0.4) is 0 Å². The lowest BCUT2D eigenvalue weighted by Gasteiger charge is -2.09. The Balaban J connectivity index is 2.07. The first-order valence-electron chi connectivity index (χ1n) is 6.60. The molecule has 0 atom stereocenters. The highest BCUT2D eigenvalue weighted by Gasteiger charge is 2.12. The van der Waals surface area contributed by atoms with E-state index in [4.69, 9.17) is 16.3 Å². The van der Waals surface area contributed by atoms with Crippen molar-refractivity contribution >= 4 is 39.1 Å². The minimum Gasteiger partial charge on any atom is -0.494 e. The largest absolute Gasteiger partial charge is 0.494 e. The number of halogens is 2. The predicted octanol–water partition coefficient (Wildman–Crippen LogP) is 5.14. The topological polar surface area (TPSA) is 38.3 Å². The number of rotatable bonds is 5. The SMILES string of the molecule is CCCOc1ccc(NC(=O)c2cccc(Br)c2Cl)cc1. The number of carbonyl (C=O) groups excluding carboxylic acids is 1. The summed E-state index contributed by atoms with van der Waals surface area (Å²) in [5.74, 6) is 0.541. The zero-order valence-corrected chi connectivity index (χ0v) is 13.9. The number of hydrogen-bond donors (Lipinski definition) is 1. The van der Waals surface area contributed by atoms with E-state index in [2.05, 4.69) is 28.2 Å². The van der Waals surface area contributed by atoms with Crippen molar-refractivity contribution in [3.05, 3.63) is 57.5 Å². The second kappa shape index (κ2) is 7.48. The van der Waals surface area contributed by atoms with Gasteiger partial charge in [-0.25, -0.2) is 0 Å². The summed E-state index contributed by atoms with van der Waals surface area (Å²) in [5.41, 5.74) is 1.12. The number of amides is 1. The summed E-state index contributed by atoms with van der Waals surface area (Å²) in [6.45, 7) is 2.73. The van der Waals surface area contributed by atoms with E-state index in [-0.39, 0.29) is 5.91 Å². The molecule has 3 nitrogen and oxygen atoms in total. The Hall–Kier alpha value is -1.52. The molecular weight excluding hydrogens is 354 g/mol. The Labute approximate surface area is 137 Å². The fourth-order valence-corrected chi connectivity index (χ4v) is 2.31. The number of benzene rings is 2. The molecule has 2 aromatic rings. The molecule has 0 bridgehead atoms. The lowest BCUT2D eigenvalue weighted by molar-refractivity contribution is 0.102. The summed E-state index contributed by atoms with van der Waals surface area (Å²) < 4.78 is 6.19. The summed E-state index contributed by atoms with van der Waals surface area (Å²) in [7, 11) is 0. The van der Waals surface area contributed by atoms with Gasteiger partial charge in [-0.05, 0) is 58.7 Å².